The maximum absolute atomic E-state index is 12.8. The molecule has 12 bridgehead atoms. The van der Waals surface area contributed by atoms with Crippen molar-refractivity contribution < 1.29 is 87.1 Å². The minimum Gasteiger partial charge on any atom is -0.508 e. The number of benzene rings is 3. The number of hydrogen-bond acceptors (Lipinski definition) is 18. The van der Waals surface area contributed by atoms with Crippen LogP contribution in [0.2, 0.25) is 0 Å². The minimum absolute atomic E-state index is 0.0226. The lowest BCUT2D eigenvalue weighted by atomic mass is 9.47. The molecule has 2 saturated heterocycles. The highest BCUT2D eigenvalue weighted by Gasteiger charge is 2.66. The third kappa shape index (κ3) is 22.2. The van der Waals surface area contributed by atoms with E-state index in [1.54, 1.807) is 50.2 Å². The van der Waals surface area contributed by atoms with E-state index in [1.165, 1.54) is 68.2 Å². The first-order valence-electron chi connectivity index (χ1n) is 43.0. The lowest BCUT2D eigenvalue weighted by Crippen LogP contribution is -2.67. The van der Waals surface area contributed by atoms with Crippen LogP contribution < -0.4 is 4.74 Å². The second kappa shape index (κ2) is 37.2. The van der Waals surface area contributed by atoms with Crippen molar-refractivity contribution in [1.82, 2.24) is 0 Å². The highest BCUT2D eigenvalue weighted by atomic mass is 16.6. The number of aromatic hydroxyl groups is 2. The number of esters is 7. The highest BCUT2D eigenvalue weighted by molar-refractivity contribution is 5.91. The smallest absolute Gasteiger partial charge is 0.344 e. The number of phenolic OH excluding ortho intramolecular Hbond substituents is 2. The number of aliphatic hydroxyl groups is 2. The third-order valence-electron chi connectivity index (χ3n) is 28.3. The molecule has 0 aromatic heterocycles. The van der Waals surface area contributed by atoms with Crippen LogP contribution in [0.15, 0.2) is 72.8 Å². The molecule has 18 nitrogen and oxygen atoms in total. The topological polar surface area (TPSA) is 265 Å². The van der Waals surface area contributed by atoms with Gasteiger partial charge in [-0.1, -0.05) is 107 Å². The van der Waals surface area contributed by atoms with Crippen molar-refractivity contribution in [2.75, 3.05) is 6.61 Å². The maximum Gasteiger partial charge on any atom is 0.344 e. The van der Waals surface area contributed by atoms with E-state index in [0.29, 0.717) is 84.2 Å². The molecule has 3 aromatic carbocycles. The van der Waals surface area contributed by atoms with E-state index in [-0.39, 0.29) is 82.1 Å². The number of fused-ring (bicyclic) bond motifs is 1. The van der Waals surface area contributed by atoms with Crippen LogP contribution in [0.1, 0.15) is 332 Å². The standard InChI is InChI=1S/C19H32O2.C18H26O6.C17H18O3.C16H26O4.C14H26O2.C10H14O/c1-6-18(4,5)17(20)21-19(12(2)3)15-8-13-7-14(10-15)11-16(19)9-13;1-4-18(2,3)17(21)22-9-14(19)24-15-11-5-10-6-12(8-11)16(20)23-13(15)7-10;1-3-12(2)13-4-6-14(7-5-13)17(19)20-16-10-8-15(18)9-11-16;1-4-13(2,3)12(17)20-16-7-11-5-14(18,9-16)8-15(19,6-11)10-16;1-6-13(4,5)12(15)16-14(11(2)3)9-7-8-10-14;1-3-8(2)9-4-6-10(11)7-5-9/h12-16H,6-11H2,1-5H3;10-13,15H,4-9H2,1-3H3;4-12,18H,3H2,1-2H3;11,18-19H,4-10H2,1-3H3;11H,6-10H2,1-5H3;4-8,11H,3H2,1-2H3. The molecule has 16 rings (SSSR count). The maximum atomic E-state index is 12.8. The van der Waals surface area contributed by atoms with Gasteiger partial charge in [-0.15, -0.1) is 0 Å². The van der Waals surface area contributed by atoms with E-state index in [0.717, 1.165) is 102 Å². The zero-order valence-corrected chi connectivity index (χ0v) is 71.9. The molecule has 9 atom stereocenters. The molecule has 2 aliphatic heterocycles. The van der Waals surface area contributed by atoms with Gasteiger partial charge in [0.15, 0.2) is 6.61 Å². The third-order valence-corrected chi connectivity index (χ3v) is 28.3. The summed E-state index contributed by atoms with van der Waals surface area (Å²) < 4.78 is 39.5. The summed E-state index contributed by atoms with van der Waals surface area (Å²) in [6.45, 7) is 40.5. The average Bonchev–Trinajstić information content (AvgIpc) is 0.842. The SMILES string of the molecule is CCC(C)(C)C(=O)OC1(C(C)C)C2CC3CC(C2)CC1C3.CCC(C)(C)C(=O)OC1(C(C)C)CCCC1.CCC(C)(C)C(=O)OC12CC3CC(O)(CC(O)(C3)C1)C2.CCC(C)(C)C(=O)OCC(=O)OC1C2CC3CC(C2)C(=O)OC1C3.CCC(C)c1ccc(C(=O)Oc2ccc(O)cc2)cc1.CCC(C)c1ccc(O)cc1. The second-order valence-electron chi connectivity index (χ2n) is 39.0. The van der Waals surface area contributed by atoms with Crippen LogP contribution in [-0.2, 0) is 57.2 Å². The van der Waals surface area contributed by atoms with Crippen molar-refractivity contribution in [2.24, 2.45) is 80.8 Å². The summed E-state index contributed by atoms with van der Waals surface area (Å²) in [5.74, 6) is 5.07. The monoisotopic (exact) mass is 1560 g/mol. The van der Waals surface area contributed by atoms with E-state index in [2.05, 4.69) is 62.3 Å². The lowest BCUT2D eigenvalue weighted by molar-refractivity contribution is -0.264. The molecular weight excluding hydrogens is 1420 g/mol. The van der Waals surface area contributed by atoms with Gasteiger partial charge in [0.05, 0.1) is 44.3 Å². The summed E-state index contributed by atoms with van der Waals surface area (Å²) in [5.41, 5.74) is -1.46. The predicted octanol–water partition coefficient (Wildman–Crippen LogP) is 20.2. The Balaban J connectivity index is 0.000000171. The molecule has 0 spiro atoms. The van der Waals surface area contributed by atoms with E-state index in [4.69, 9.17) is 38.3 Å². The zero-order valence-electron chi connectivity index (χ0n) is 71.9. The quantitative estimate of drug-likeness (QED) is 0.0414. The van der Waals surface area contributed by atoms with Crippen LogP contribution in [0.3, 0.4) is 0 Å². The first-order chi connectivity index (χ1) is 52.4. The molecule has 626 valence electrons. The predicted molar refractivity (Wildman–Crippen MR) is 434 cm³/mol. The van der Waals surface area contributed by atoms with Crippen LogP contribution in [0.5, 0.6) is 17.2 Å². The summed E-state index contributed by atoms with van der Waals surface area (Å²) in [5, 5.41) is 39.5. The summed E-state index contributed by atoms with van der Waals surface area (Å²) in [6, 6.07) is 21.0. The van der Waals surface area contributed by atoms with Gasteiger partial charge in [-0.05, 0) is 315 Å². The zero-order chi connectivity index (χ0) is 82.9. The molecule has 0 amide bonds. The van der Waals surface area contributed by atoms with E-state index in [9.17, 15) is 48.9 Å². The van der Waals surface area contributed by atoms with Crippen molar-refractivity contribution in [2.45, 2.75) is 351 Å². The van der Waals surface area contributed by atoms with Gasteiger partial charge in [0.2, 0.25) is 0 Å². The van der Waals surface area contributed by atoms with Gasteiger partial charge < -0.3 is 53.6 Å². The van der Waals surface area contributed by atoms with Gasteiger partial charge in [-0.25, -0.2) is 9.59 Å². The normalized spacial score (nSPS) is 29.8. The highest BCUT2D eigenvalue weighted by Crippen LogP contribution is 2.63. The molecule has 13 fully saturated rings. The van der Waals surface area contributed by atoms with Gasteiger partial charge in [0.25, 0.3) is 0 Å². The van der Waals surface area contributed by atoms with E-state index < -0.39 is 51.6 Å². The summed E-state index contributed by atoms with van der Waals surface area (Å²) in [7, 11) is 0. The second-order valence-corrected chi connectivity index (χ2v) is 39.0. The van der Waals surface area contributed by atoms with Crippen molar-refractivity contribution in [1.29, 1.82) is 0 Å². The number of rotatable bonds is 22. The molecule has 2 heterocycles. The summed E-state index contributed by atoms with van der Waals surface area (Å²) in [6.07, 6.45) is 22.6. The molecular formula is C94H142O18. The Hall–Kier alpha value is -6.53. The van der Waals surface area contributed by atoms with Gasteiger partial charge in [-0.2, -0.15) is 0 Å². The molecule has 3 aromatic rings. The molecule has 11 saturated carbocycles. The largest absolute Gasteiger partial charge is 0.508 e. The Labute approximate surface area is 670 Å². The van der Waals surface area contributed by atoms with Crippen LogP contribution in [0.4, 0.5) is 0 Å². The summed E-state index contributed by atoms with van der Waals surface area (Å²) >= 11 is 0. The molecule has 18 heteroatoms. The van der Waals surface area contributed by atoms with Crippen molar-refractivity contribution in [3.63, 3.8) is 0 Å². The van der Waals surface area contributed by atoms with Gasteiger partial charge in [0.1, 0.15) is 46.3 Å². The number of carbonyl (C=O) groups excluding carboxylic acids is 7. The van der Waals surface area contributed by atoms with Crippen LogP contribution in [0, 0.1) is 80.8 Å². The minimum atomic E-state index is -0.842. The molecule has 13 aliphatic rings. The molecule has 112 heavy (non-hydrogen) atoms. The number of hydrogen-bond donors (Lipinski definition) is 4. The van der Waals surface area contributed by atoms with Crippen LogP contribution >= 0.6 is 0 Å². The Kier molecular flexibility index (Phi) is 30.2. The first kappa shape index (κ1) is 91.0. The van der Waals surface area contributed by atoms with Crippen molar-refractivity contribution in [3.05, 3.63) is 89.5 Å². The Morgan fingerprint density at radius 1 is 0.500 bits per heavy atom. The first-order valence-corrected chi connectivity index (χ1v) is 43.0. The number of phenols is 2. The Morgan fingerprint density at radius 3 is 1.40 bits per heavy atom. The fraction of sp³-hybridized carbons (Fsp3) is 0.734. The van der Waals surface area contributed by atoms with Crippen molar-refractivity contribution in [3.8, 4) is 17.2 Å². The van der Waals surface area contributed by atoms with Crippen LogP contribution in [0.25, 0.3) is 0 Å². The molecule has 4 N–H and O–H groups in total. The fourth-order valence-electron chi connectivity index (χ4n) is 19.7. The molecule has 0 radical (unpaired) electrons. The average molecular weight is 1560 g/mol. The summed E-state index contributed by atoms with van der Waals surface area (Å²) in [4.78, 5) is 85.3. The number of ether oxygens (including phenoxy) is 7. The Bertz CT molecular complexity index is 3590. The number of carbonyl (C=O) groups is 7. The Morgan fingerprint density at radius 2 is 0.946 bits per heavy atom. The van der Waals surface area contributed by atoms with E-state index in [1.807, 2.05) is 86.6 Å². The van der Waals surface area contributed by atoms with Gasteiger partial charge in [0, 0.05) is 25.2 Å². The lowest BCUT2D eigenvalue weighted by Gasteiger charge is -2.62. The molecule has 9 unspecified atom stereocenters. The van der Waals surface area contributed by atoms with E-state index >= 15 is 0 Å². The van der Waals surface area contributed by atoms with Crippen molar-refractivity contribution >= 4 is 41.8 Å². The van der Waals surface area contributed by atoms with Crippen LogP contribution in [-0.4, -0.2) is 109 Å². The van der Waals surface area contributed by atoms with Gasteiger partial charge in [-0.3, -0.25) is 24.0 Å². The fourth-order valence-corrected chi connectivity index (χ4v) is 19.7. The van der Waals surface area contributed by atoms with Gasteiger partial charge >= 0.3 is 41.8 Å². The molecule has 11 aliphatic carbocycles.